The molecule has 0 saturated carbocycles. The zero-order valence-corrected chi connectivity index (χ0v) is 10.8. The van der Waals surface area contributed by atoms with Crippen LogP contribution in [0.3, 0.4) is 0 Å². The van der Waals surface area contributed by atoms with Crippen LogP contribution in [0.4, 0.5) is 5.82 Å². The summed E-state index contributed by atoms with van der Waals surface area (Å²) in [4.78, 5) is 15.9. The highest BCUT2D eigenvalue weighted by Gasteiger charge is 2.06. The molecule has 0 aliphatic carbocycles. The van der Waals surface area contributed by atoms with E-state index in [9.17, 15) is 4.79 Å². The fourth-order valence-electron chi connectivity index (χ4n) is 1.90. The zero-order chi connectivity index (χ0) is 13.7. The van der Waals surface area contributed by atoms with Gasteiger partial charge in [-0.1, -0.05) is 12.1 Å². The molecule has 0 amide bonds. The van der Waals surface area contributed by atoms with E-state index in [1.165, 1.54) is 0 Å². The van der Waals surface area contributed by atoms with Crippen molar-refractivity contribution in [2.45, 2.75) is 12.8 Å². The van der Waals surface area contributed by atoms with E-state index in [4.69, 9.17) is 10.5 Å². The van der Waals surface area contributed by atoms with Gasteiger partial charge < -0.3 is 10.5 Å². The predicted molar refractivity (Wildman–Crippen MR) is 74.1 cm³/mol. The Morgan fingerprint density at radius 3 is 2.63 bits per heavy atom. The van der Waals surface area contributed by atoms with E-state index in [1.807, 2.05) is 24.3 Å². The van der Waals surface area contributed by atoms with Crippen LogP contribution < -0.4 is 10.5 Å². The first kappa shape index (κ1) is 13.1. The summed E-state index contributed by atoms with van der Waals surface area (Å²) in [5, 5.41) is 0. The van der Waals surface area contributed by atoms with Crippen LogP contribution in [-0.2, 0) is 17.6 Å². The first-order valence-electron chi connectivity index (χ1n) is 6.02. The van der Waals surface area contributed by atoms with Crippen LogP contribution in [0.25, 0.3) is 0 Å². The van der Waals surface area contributed by atoms with E-state index < -0.39 is 0 Å². The summed E-state index contributed by atoms with van der Waals surface area (Å²) < 4.78 is 5.13. The molecule has 1 heterocycles. The SMILES string of the molecule is COc1cccc(CC(=O)Cc2ccnc(N)c2)c1. The van der Waals surface area contributed by atoms with E-state index in [2.05, 4.69) is 4.98 Å². The van der Waals surface area contributed by atoms with Crippen molar-refractivity contribution in [2.75, 3.05) is 12.8 Å². The van der Waals surface area contributed by atoms with Crippen LogP contribution in [0, 0.1) is 0 Å². The van der Waals surface area contributed by atoms with Gasteiger partial charge in [0.15, 0.2) is 0 Å². The molecule has 0 fully saturated rings. The number of nitrogens with two attached hydrogens (primary N) is 1. The Balaban J connectivity index is 2.01. The molecule has 0 bridgehead atoms. The average molecular weight is 256 g/mol. The number of benzene rings is 1. The lowest BCUT2D eigenvalue weighted by molar-refractivity contribution is -0.117. The molecule has 0 atom stereocenters. The minimum absolute atomic E-state index is 0.138. The number of ether oxygens (including phenoxy) is 1. The van der Waals surface area contributed by atoms with Gasteiger partial charge >= 0.3 is 0 Å². The van der Waals surface area contributed by atoms with Crippen molar-refractivity contribution in [1.29, 1.82) is 0 Å². The monoisotopic (exact) mass is 256 g/mol. The molecule has 0 aliphatic rings. The predicted octanol–water partition coefficient (Wildman–Crippen LogP) is 2.03. The third-order valence-corrected chi connectivity index (χ3v) is 2.78. The van der Waals surface area contributed by atoms with E-state index in [1.54, 1.807) is 25.4 Å². The number of methoxy groups -OCH3 is 1. The average Bonchev–Trinajstić information content (AvgIpc) is 2.38. The molecule has 98 valence electrons. The number of anilines is 1. The Hall–Kier alpha value is -2.36. The molecule has 1 aromatic carbocycles. The Bertz CT molecular complexity index is 582. The maximum Gasteiger partial charge on any atom is 0.141 e. The highest BCUT2D eigenvalue weighted by atomic mass is 16.5. The van der Waals surface area contributed by atoms with E-state index in [-0.39, 0.29) is 5.78 Å². The van der Waals surface area contributed by atoms with Gasteiger partial charge in [-0.3, -0.25) is 4.79 Å². The van der Waals surface area contributed by atoms with Gasteiger partial charge in [-0.2, -0.15) is 0 Å². The number of carbonyl (C=O) groups excluding carboxylic acids is 1. The Morgan fingerprint density at radius 1 is 1.21 bits per heavy atom. The molecule has 4 nitrogen and oxygen atoms in total. The number of ketones is 1. The highest BCUT2D eigenvalue weighted by molar-refractivity contribution is 5.83. The number of nitrogen functional groups attached to an aromatic ring is 1. The minimum Gasteiger partial charge on any atom is -0.497 e. The summed E-state index contributed by atoms with van der Waals surface area (Å²) in [6.07, 6.45) is 2.37. The number of aromatic nitrogens is 1. The summed E-state index contributed by atoms with van der Waals surface area (Å²) in [6.45, 7) is 0. The van der Waals surface area contributed by atoms with Crippen molar-refractivity contribution < 1.29 is 9.53 Å². The first-order chi connectivity index (χ1) is 9.17. The van der Waals surface area contributed by atoms with Crippen molar-refractivity contribution in [1.82, 2.24) is 4.98 Å². The van der Waals surface area contributed by atoms with Crippen molar-refractivity contribution in [2.24, 2.45) is 0 Å². The maximum atomic E-state index is 12.0. The van der Waals surface area contributed by atoms with Gasteiger partial charge in [-0.15, -0.1) is 0 Å². The number of rotatable bonds is 5. The molecule has 19 heavy (non-hydrogen) atoms. The van der Waals surface area contributed by atoms with Gasteiger partial charge in [0, 0.05) is 19.0 Å². The zero-order valence-electron chi connectivity index (χ0n) is 10.8. The highest BCUT2D eigenvalue weighted by Crippen LogP contribution is 2.14. The molecule has 2 rings (SSSR count). The lowest BCUT2D eigenvalue weighted by atomic mass is 10.0. The Morgan fingerprint density at radius 2 is 1.95 bits per heavy atom. The lowest BCUT2D eigenvalue weighted by Gasteiger charge is -2.04. The molecule has 0 spiro atoms. The fourth-order valence-corrected chi connectivity index (χ4v) is 1.90. The first-order valence-corrected chi connectivity index (χ1v) is 6.02. The van der Waals surface area contributed by atoms with Gasteiger partial charge in [0.25, 0.3) is 0 Å². The normalized spacial score (nSPS) is 10.2. The van der Waals surface area contributed by atoms with Crippen LogP contribution in [0.1, 0.15) is 11.1 Å². The van der Waals surface area contributed by atoms with Crippen molar-refractivity contribution in [3.8, 4) is 5.75 Å². The maximum absolute atomic E-state index is 12.0. The fraction of sp³-hybridized carbons (Fsp3) is 0.200. The van der Waals surface area contributed by atoms with Gasteiger partial charge in [0.2, 0.25) is 0 Å². The van der Waals surface area contributed by atoms with Gasteiger partial charge in [0.05, 0.1) is 7.11 Å². The molecule has 4 heteroatoms. The van der Waals surface area contributed by atoms with Crippen LogP contribution >= 0.6 is 0 Å². The van der Waals surface area contributed by atoms with Crippen LogP contribution in [0.15, 0.2) is 42.6 Å². The van der Waals surface area contributed by atoms with Crippen LogP contribution in [0.5, 0.6) is 5.75 Å². The summed E-state index contributed by atoms with van der Waals surface area (Å²) in [6, 6.07) is 11.1. The molecule has 0 unspecified atom stereocenters. The number of Topliss-reactive ketones (excluding diaryl/α,β-unsaturated/α-hetero) is 1. The second-order valence-electron chi connectivity index (χ2n) is 4.33. The van der Waals surface area contributed by atoms with Crippen LogP contribution in [0.2, 0.25) is 0 Å². The Kier molecular flexibility index (Phi) is 4.13. The third kappa shape index (κ3) is 3.81. The number of carbonyl (C=O) groups is 1. The van der Waals surface area contributed by atoms with Crippen molar-refractivity contribution >= 4 is 11.6 Å². The third-order valence-electron chi connectivity index (χ3n) is 2.78. The standard InChI is InChI=1S/C15H16N2O2/c1-19-14-4-2-3-11(9-14)7-13(18)8-12-5-6-17-15(16)10-12/h2-6,9-10H,7-8H2,1H3,(H2,16,17). The number of pyridine rings is 1. The molecular weight excluding hydrogens is 240 g/mol. The van der Waals surface area contributed by atoms with Gasteiger partial charge in [-0.05, 0) is 35.4 Å². The van der Waals surface area contributed by atoms with Crippen molar-refractivity contribution in [3.63, 3.8) is 0 Å². The molecule has 2 N–H and O–H groups in total. The summed E-state index contributed by atoms with van der Waals surface area (Å²) in [5.74, 6) is 1.34. The number of nitrogens with zero attached hydrogens (tertiary/aromatic N) is 1. The number of hydrogen-bond donors (Lipinski definition) is 1. The summed E-state index contributed by atoms with van der Waals surface area (Å²) in [7, 11) is 1.61. The second kappa shape index (κ2) is 6.00. The van der Waals surface area contributed by atoms with E-state index in [0.29, 0.717) is 18.7 Å². The Labute approximate surface area is 112 Å². The summed E-state index contributed by atoms with van der Waals surface area (Å²) in [5.41, 5.74) is 7.43. The smallest absolute Gasteiger partial charge is 0.141 e. The lowest BCUT2D eigenvalue weighted by Crippen LogP contribution is -2.07. The topological polar surface area (TPSA) is 65.2 Å². The van der Waals surface area contributed by atoms with Gasteiger partial charge in [-0.25, -0.2) is 4.98 Å². The second-order valence-corrected chi connectivity index (χ2v) is 4.33. The molecular formula is C15H16N2O2. The largest absolute Gasteiger partial charge is 0.497 e. The van der Waals surface area contributed by atoms with Crippen molar-refractivity contribution in [3.05, 3.63) is 53.7 Å². The van der Waals surface area contributed by atoms with Crippen LogP contribution in [-0.4, -0.2) is 17.9 Å². The van der Waals surface area contributed by atoms with Gasteiger partial charge in [0.1, 0.15) is 17.4 Å². The summed E-state index contributed by atoms with van der Waals surface area (Å²) >= 11 is 0. The molecule has 0 radical (unpaired) electrons. The van der Waals surface area contributed by atoms with E-state index in [0.717, 1.165) is 16.9 Å². The number of hydrogen-bond acceptors (Lipinski definition) is 4. The molecule has 2 aromatic rings. The molecule has 1 aromatic heterocycles. The molecule has 0 aliphatic heterocycles. The quantitative estimate of drug-likeness (QED) is 0.889. The van der Waals surface area contributed by atoms with E-state index >= 15 is 0 Å². The molecule has 0 saturated heterocycles. The minimum atomic E-state index is 0.138.